The number of nitrogens with zero attached hydrogens (tertiary/aromatic N) is 4. The lowest BCUT2D eigenvalue weighted by Crippen LogP contribution is -2.42. The lowest BCUT2D eigenvalue weighted by molar-refractivity contribution is -0.134. The van der Waals surface area contributed by atoms with Crippen LogP contribution in [0.3, 0.4) is 0 Å². The maximum Gasteiger partial charge on any atom is 0.239 e. The zero-order valence-corrected chi connectivity index (χ0v) is 16.7. The largest absolute Gasteiger partial charge is 0.481 e. The Bertz CT molecular complexity index is 666. The second kappa shape index (κ2) is 7.76. The fraction of sp³-hybridized carbons (Fsp3) is 0.714. The molecule has 3 fully saturated rings. The van der Waals surface area contributed by atoms with Gasteiger partial charge in [0.2, 0.25) is 11.8 Å². The SMILES string of the molecule is COc1cccc(CN2CCC3(CC2)CC(C(=O)N2CCCC2)N(C)C3)n1. The van der Waals surface area contributed by atoms with Crippen LogP contribution in [0.5, 0.6) is 5.88 Å². The summed E-state index contributed by atoms with van der Waals surface area (Å²) in [7, 11) is 3.80. The second-order valence-electron chi connectivity index (χ2n) is 8.61. The number of ether oxygens (including phenoxy) is 1. The summed E-state index contributed by atoms with van der Waals surface area (Å²) >= 11 is 0. The summed E-state index contributed by atoms with van der Waals surface area (Å²) in [5, 5.41) is 0. The van der Waals surface area contributed by atoms with E-state index in [0.29, 0.717) is 17.2 Å². The number of methoxy groups -OCH3 is 1. The Morgan fingerprint density at radius 1 is 1.22 bits per heavy atom. The molecule has 0 aliphatic carbocycles. The van der Waals surface area contributed by atoms with Crippen LogP contribution in [0.2, 0.25) is 0 Å². The molecule has 1 spiro atoms. The molecule has 6 nitrogen and oxygen atoms in total. The highest BCUT2D eigenvalue weighted by atomic mass is 16.5. The van der Waals surface area contributed by atoms with Gasteiger partial charge in [0.25, 0.3) is 0 Å². The van der Waals surface area contributed by atoms with Crippen LogP contribution in [0.25, 0.3) is 0 Å². The zero-order chi connectivity index (χ0) is 18.9. The van der Waals surface area contributed by atoms with Gasteiger partial charge >= 0.3 is 0 Å². The van der Waals surface area contributed by atoms with E-state index >= 15 is 0 Å². The molecule has 0 N–H and O–H groups in total. The molecule has 0 bridgehead atoms. The van der Waals surface area contributed by atoms with E-state index in [0.717, 1.165) is 51.4 Å². The molecule has 1 amide bonds. The van der Waals surface area contributed by atoms with Crippen molar-refractivity contribution in [1.82, 2.24) is 19.7 Å². The molecule has 6 heteroatoms. The minimum atomic E-state index is 0.0923. The molecule has 1 unspecified atom stereocenters. The Morgan fingerprint density at radius 2 is 1.96 bits per heavy atom. The lowest BCUT2D eigenvalue weighted by atomic mass is 9.76. The summed E-state index contributed by atoms with van der Waals surface area (Å²) in [6.45, 7) is 6.01. The third-order valence-electron chi connectivity index (χ3n) is 6.74. The van der Waals surface area contributed by atoms with Gasteiger partial charge in [-0.05, 0) is 63.7 Å². The van der Waals surface area contributed by atoms with E-state index in [4.69, 9.17) is 4.74 Å². The van der Waals surface area contributed by atoms with Crippen LogP contribution in [-0.4, -0.2) is 78.5 Å². The topological polar surface area (TPSA) is 48.9 Å². The van der Waals surface area contributed by atoms with Gasteiger partial charge in [0, 0.05) is 32.2 Å². The van der Waals surface area contributed by atoms with Crippen LogP contribution >= 0.6 is 0 Å². The smallest absolute Gasteiger partial charge is 0.239 e. The average molecular weight is 373 g/mol. The first-order chi connectivity index (χ1) is 13.1. The molecule has 148 valence electrons. The molecule has 1 aromatic rings. The van der Waals surface area contributed by atoms with Crippen LogP contribution in [-0.2, 0) is 11.3 Å². The van der Waals surface area contributed by atoms with Gasteiger partial charge in [-0.15, -0.1) is 0 Å². The first-order valence-corrected chi connectivity index (χ1v) is 10.3. The van der Waals surface area contributed by atoms with Crippen LogP contribution in [0.4, 0.5) is 0 Å². The van der Waals surface area contributed by atoms with Gasteiger partial charge in [-0.3, -0.25) is 14.6 Å². The Kier molecular flexibility index (Phi) is 5.37. The van der Waals surface area contributed by atoms with Crippen molar-refractivity contribution in [3.63, 3.8) is 0 Å². The number of carbonyl (C=O) groups is 1. The number of hydrogen-bond donors (Lipinski definition) is 0. The minimum absolute atomic E-state index is 0.0923. The van der Waals surface area contributed by atoms with Gasteiger partial charge in [0.05, 0.1) is 18.8 Å². The predicted octanol–water partition coefficient (Wildman–Crippen LogP) is 2.00. The van der Waals surface area contributed by atoms with E-state index in [9.17, 15) is 4.79 Å². The van der Waals surface area contributed by atoms with Crippen molar-refractivity contribution in [2.75, 3.05) is 46.9 Å². The molecule has 0 aromatic carbocycles. The van der Waals surface area contributed by atoms with Gasteiger partial charge in [0.1, 0.15) is 0 Å². The molecular formula is C21H32N4O2. The van der Waals surface area contributed by atoms with Gasteiger partial charge in [-0.2, -0.15) is 0 Å². The van der Waals surface area contributed by atoms with Crippen molar-refractivity contribution in [3.05, 3.63) is 23.9 Å². The summed E-state index contributed by atoms with van der Waals surface area (Å²) in [5.74, 6) is 1.05. The quantitative estimate of drug-likeness (QED) is 0.809. The Balaban J connectivity index is 1.33. The molecule has 27 heavy (non-hydrogen) atoms. The first-order valence-electron chi connectivity index (χ1n) is 10.3. The summed E-state index contributed by atoms with van der Waals surface area (Å²) in [4.78, 5) is 24.3. The molecule has 0 saturated carbocycles. The summed E-state index contributed by atoms with van der Waals surface area (Å²) in [5.41, 5.74) is 1.38. The first kappa shape index (κ1) is 18.7. The van der Waals surface area contributed by atoms with Gasteiger partial charge < -0.3 is 9.64 Å². The van der Waals surface area contributed by atoms with Crippen LogP contribution < -0.4 is 4.74 Å². The Labute approximate surface area is 162 Å². The normalized spacial score (nSPS) is 26.0. The van der Waals surface area contributed by atoms with Gasteiger partial charge in [0.15, 0.2) is 0 Å². The van der Waals surface area contributed by atoms with E-state index < -0.39 is 0 Å². The maximum absolute atomic E-state index is 12.9. The fourth-order valence-electron chi connectivity index (χ4n) is 5.13. The van der Waals surface area contributed by atoms with Crippen LogP contribution in [0.15, 0.2) is 18.2 Å². The van der Waals surface area contributed by atoms with Crippen molar-refractivity contribution < 1.29 is 9.53 Å². The zero-order valence-electron chi connectivity index (χ0n) is 16.7. The van der Waals surface area contributed by atoms with E-state index in [1.807, 2.05) is 12.1 Å². The van der Waals surface area contributed by atoms with Gasteiger partial charge in [-0.1, -0.05) is 6.07 Å². The molecular weight excluding hydrogens is 340 g/mol. The van der Waals surface area contributed by atoms with Crippen molar-refractivity contribution in [2.24, 2.45) is 5.41 Å². The van der Waals surface area contributed by atoms with Crippen molar-refractivity contribution in [3.8, 4) is 5.88 Å². The standard InChI is InChI=1S/C21H32N4O2/c1-23-16-21(14-18(23)20(26)25-10-3-4-11-25)8-12-24(13-9-21)15-17-6-5-7-19(22-17)27-2/h5-7,18H,3-4,8-16H2,1-2H3. The predicted molar refractivity (Wildman–Crippen MR) is 105 cm³/mol. The number of rotatable bonds is 4. The highest BCUT2D eigenvalue weighted by Gasteiger charge is 2.47. The summed E-state index contributed by atoms with van der Waals surface area (Å²) < 4.78 is 5.24. The molecule has 1 aromatic heterocycles. The van der Waals surface area contributed by atoms with E-state index in [2.05, 4.69) is 32.8 Å². The minimum Gasteiger partial charge on any atom is -0.481 e. The van der Waals surface area contributed by atoms with Crippen LogP contribution in [0, 0.1) is 5.41 Å². The Hall–Kier alpha value is -1.66. The highest BCUT2D eigenvalue weighted by Crippen LogP contribution is 2.43. The number of likely N-dealkylation sites (tertiary alicyclic amines) is 3. The molecule has 4 rings (SSSR count). The third-order valence-corrected chi connectivity index (χ3v) is 6.74. The number of likely N-dealkylation sites (N-methyl/N-ethyl adjacent to an activating group) is 1. The maximum atomic E-state index is 12.9. The summed E-state index contributed by atoms with van der Waals surface area (Å²) in [6.07, 6.45) is 5.71. The molecule has 3 aliphatic rings. The number of aromatic nitrogens is 1. The van der Waals surface area contributed by atoms with Crippen molar-refractivity contribution in [2.45, 2.75) is 44.7 Å². The highest BCUT2D eigenvalue weighted by molar-refractivity contribution is 5.82. The molecule has 1 atom stereocenters. The second-order valence-corrected chi connectivity index (χ2v) is 8.61. The molecule has 0 radical (unpaired) electrons. The fourth-order valence-corrected chi connectivity index (χ4v) is 5.13. The van der Waals surface area contributed by atoms with Crippen molar-refractivity contribution in [1.29, 1.82) is 0 Å². The van der Waals surface area contributed by atoms with Crippen LogP contribution in [0.1, 0.15) is 37.8 Å². The lowest BCUT2D eigenvalue weighted by Gasteiger charge is -2.39. The van der Waals surface area contributed by atoms with E-state index in [1.54, 1.807) is 7.11 Å². The number of amides is 1. The Morgan fingerprint density at radius 3 is 2.67 bits per heavy atom. The number of carbonyl (C=O) groups excluding carboxylic acids is 1. The third kappa shape index (κ3) is 3.97. The van der Waals surface area contributed by atoms with Crippen molar-refractivity contribution >= 4 is 5.91 Å². The monoisotopic (exact) mass is 372 g/mol. The van der Waals surface area contributed by atoms with Gasteiger partial charge in [-0.25, -0.2) is 4.98 Å². The summed E-state index contributed by atoms with van der Waals surface area (Å²) in [6, 6.07) is 6.06. The molecule has 3 saturated heterocycles. The average Bonchev–Trinajstić information content (AvgIpc) is 3.32. The molecule has 3 aliphatic heterocycles. The van der Waals surface area contributed by atoms with E-state index in [-0.39, 0.29) is 6.04 Å². The number of hydrogen-bond acceptors (Lipinski definition) is 5. The number of piperidine rings is 1. The van der Waals surface area contributed by atoms with E-state index in [1.165, 1.54) is 25.7 Å². The number of pyridine rings is 1. The molecule has 4 heterocycles.